The average Bonchev–Trinajstić information content (AvgIpc) is 2.39. The minimum atomic E-state index is 0.0855. The third-order valence-corrected chi connectivity index (χ3v) is 4.63. The van der Waals surface area contributed by atoms with Gasteiger partial charge in [0.1, 0.15) is 5.75 Å². The summed E-state index contributed by atoms with van der Waals surface area (Å²) in [6.07, 6.45) is 0.611. The van der Waals surface area contributed by atoms with Crippen molar-refractivity contribution in [1.82, 2.24) is 0 Å². The third kappa shape index (κ3) is 5.61. The van der Waals surface area contributed by atoms with E-state index in [1.54, 1.807) is 11.8 Å². The van der Waals surface area contributed by atoms with Crippen LogP contribution >= 0.6 is 23.4 Å². The quantitative estimate of drug-likeness (QED) is 0.725. The molecule has 1 atom stereocenters. The van der Waals surface area contributed by atoms with Gasteiger partial charge in [-0.3, -0.25) is 0 Å². The van der Waals surface area contributed by atoms with Crippen molar-refractivity contribution in [2.45, 2.75) is 25.5 Å². The van der Waals surface area contributed by atoms with Gasteiger partial charge < -0.3 is 14.9 Å². The Morgan fingerprint density at radius 3 is 2.42 bits per heavy atom. The summed E-state index contributed by atoms with van der Waals surface area (Å²) < 4.78 is 5.67. The van der Waals surface area contributed by atoms with Crippen LogP contribution in [0.1, 0.15) is 17.5 Å². The lowest BCUT2D eigenvalue weighted by Gasteiger charge is -2.13. The number of thioether (sulfide) groups is 1. The van der Waals surface area contributed by atoms with E-state index >= 15 is 0 Å². The predicted octanol–water partition coefficient (Wildman–Crippen LogP) is 2.81. The maximum Gasteiger partial charge on any atom is 0.119 e. The molecule has 0 amide bonds. The van der Waals surface area contributed by atoms with Crippen LogP contribution in [0.2, 0.25) is 5.02 Å². The summed E-state index contributed by atoms with van der Waals surface area (Å²) in [5.74, 6) is 1.61. The van der Waals surface area contributed by atoms with Crippen molar-refractivity contribution in [3.05, 3.63) is 28.3 Å². The average molecular weight is 305 g/mol. The number of aryl methyl sites for hydroxylation is 2. The highest BCUT2D eigenvalue weighted by atomic mass is 35.5. The van der Waals surface area contributed by atoms with Crippen molar-refractivity contribution in [1.29, 1.82) is 0 Å². The normalized spacial score (nSPS) is 12.5. The molecule has 0 saturated heterocycles. The van der Waals surface area contributed by atoms with E-state index in [0.717, 1.165) is 27.7 Å². The molecular weight excluding hydrogens is 284 g/mol. The van der Waals surface area contributed by atoms with Gasteiger partial charge in [0.05, 0.1) is 13.2 Å². The molecule has 2 N–H and O–H groups in total. The maximum absolute atomic E-state index is 9.09. The predicted molar refractivity (Wildman–Crippen MR) is 81.5 cm³/mol. The summed E-state index contributed by atoms with van der Waals surface area (Å²) in [6, 6.07) is 3.86. The topological polar surface area (TPSA) is 49.7 Å². The zero-order valence-electron chi connectivity index (χ0n) is 11.4. The smallest absolute Gasteiger partial charge is 0.119 e. The third-order valence-electron chi connectivity index (χ3n) is 2.77. The van der Waals surface area contributed by atoms with E-state index in [4.69, 9.17) is 26.6 Å². The number of hydrogen-bond donors (Lipinski definition) is 2. The summed E-state index contributed by atoms with van der Waals surface area (Å²) >= 11 is 7.71. The van der Waals surface area contributed by atoms with E-state index in [1.807, 2.05) is 26.0 Å². The van der Waals surface area contributed by atoms with Gasteiger partial charge in [0.2, 0.25) is 0 Å². The largest absolute Gasteiger partial charge is 0.493 e. The lowest BCUT2D eigenvalue weighted by Crippen LogP contribution is -2.13. The molecule has 0 unspecified atom stereocenters. The molecule has 0 saturated carbocycles. The molecule has 1 aromatic rings. The first-order valence-corrected chi connectivity index (χ1v) is 7.74. The number of halogens is 1. The Morgan fingerprint density at radius 1 is 1.26 bits per heavy atom. The Morgan fingerprint density at radius 2 is 1.89 bits per heavy atom. The molecule has 0 spiro atoms. The molecule has 108 valence electrons. The molecule has 0 bridgehead atoms. The van der Waals surface area contributed by atoms with Crippen LogP contribution in [0.25, 0.3) is 0 Å². The molecule has 0 aliphatic carbocycles. The van der Waals surface area contributed by atoms with E-state index in [0.29, 0.717) is 13.0 Å². The summed E-state index contributed by atoms with van der Waals surface area (Å²) in [5, 5.41) is 18.8. The van der Waals surface area contributed by atoms with Crippen molar-refractivity contribution in [3.8, 4) is 5.75 Å². The van der Waals surface area contributed by atoms with Gasteiger partial charge in [-0.2, -0.15) is 11.8 Å². The Labute approximate surface area is 123 Å². The maximum atomic E-state index is 9.09. The van der Waals surface area contributed by atoms with E-state index < -0.39 is 0 Å². The van der Waals surface area contributed by atoms with E-state index in [1.165, 1.54) is 0 Å². The highest BCUT2D eigenvalue weighted by Gasteiger charge is 2.07. The van der Waals surface area contributed by atoms with Crippen LogP contribution in [0.15, 0.2) is 12.1 Å². The number of ether oxygens (including phenoxy) is 1. The molecule has 0 heterocycles. The second-order valence-corrected chi connectivity index (χ2v) is 6.19. The molecule has 19 heavy (non-hydrogen) atoms. The van der Waals surface area contributed by atoms with Gasteiger partial charge in [-0.25, -0.2) is 0 Å². The zero-order valence-corrected chi connectivity index (χ0v) is 12.9. The van der Waals surface area contributed by atoms with Crippen LogP contribution in [0.5, 0.6) is 5.75 Å². The number of rotatable bonds is 8. The van der Waals surface area contributed by atoms with E-state index in [2.05, 4.69) is 0 Å². The Balaban J connectivity index is 2.37. The SMILES string of the molecule is Cc1cc(OCCS[C@H](CO)CCO)cc(C)c1Cl. The standard InChI is InChI=1S/C14H21ClO3S/c1-10-7-12(8-11(2)14(10)15)18-5-6-19-13(9-17)3-4-16/h7-8,13,16-17H,3-6,9H2,1-2H3/t13-/m0/s1. The van der Waals surface area contributed by atoms with Crippen molar-refractivity contribution in [2.75, 3.05) is 25.6 Å². The van der Waals surface area contributed by atoms with Crippen LogP contribution in [-0.4, -0.2) is 41.0 Å². The molecular formula is C14H21ClO3S. The Kier molecular flexibility index (Phi) is 7.61. The number of hydrogen-bond acceptors (Lipinski definition) is 4. The molecule has 1 rings (SSSR count). The summed E-state index contributed by atoms with van der Waals surface area (Å²) in [5.41, 5.74) is 2.02. The van der Waals surface area contributed by atoms with Crippen LogP contribution in [0, 0.1) is 13.8 Å². The van der Waals surface area contributed by atoms with Gasteiger partial charge >= 0.3 is 0 Å². The lowest BCUT2D eigenvalue weighted by molar-refractivity contribution is 0.247. The van der Waals surface area contributed by atoms with Gasteiger partial charge in [-0.1, -0.05) is 11.6 Å². The first kappa shape index (κ1) is 16.6. The van der Waals surface area contributed by atoms with E-state index in [-0.39, 0.29) is 18.5 Å². The fourth-order valence-electron chi connectivity index (χ4n) is 1.74. The molecule has 0 aliphatic heterocycles. The highest BCUT2D eigenvalue weighted by Crippen LogP contribution is 2.26. The van der Waals surface area contributed by atoms with Crippen molar-refractivity contribution in [2.24, 2.45) is 0 Å². The molecule has 5 heteroatoms. The second-order valence-electron chi connectivity index (χ2n) is 4.41. The first-order valence-electron chi connectivity index (χ1n) is 6.31. The number of aliphatic hydroxyl groups excluding tert-OH is 2. The van der Waals surface area contributed by atoms with Gasteiger partial charge in [-0.15, -0.1) is 0 Å². The van der Waals surface area contributed by atoms with Crippen LogP contribution in [0.3, 0.4) is 0 Å². The molecule has 0 aliphatic rings. The first-order chi connectivity index (χ1) is 9.08. The minimum absolute atomic E-state index is 0.0855. The highest BCUT2D eigenvalue weighted by molar-refractivity contribution is 7.99. The summed E-state index contributed by atoms with van der Waals surface area (Å²) in [4.78, 5) is 0. The van der Waals surface area contributed by atoms with Gasteiger partial charge in [-0.05, 0) is 43.5 Å². The lowest BCUT2D eigenvalue weighted by atomic mass is 10.1. The number of benzene rings is 1. The monoisotopic (exact) mass is 304 g/mol. The summed E-state index contributed by atoms with van der Waals surface area (Å²) in [6.45, 7) is 4.69. The van der Waals surface area contributed by atoms with Crippen molar-refractivity contribution >= 4 is 23.4 Å². The Bertz CT molecular complexity index is 375. The molecule has 0 fully saturated rings. The van der Waals surface area contributed by atoms with Crippen LogP contribution in [-0.2, 0) is 0 Å². The Hall–Kier alpha value is -0.420. The van der Waals surface area contributed by atoms with Crippen molar-refractivity contribution < 1.29 is 14.9 Å². The van der Waals surface area contributed by atoms with Gasteiger partial charge in [0, 0.05) is 22.6 Å². The van der Waals surface area contributed by atoms with Crippen LogP contribution < -0.4 is 4.74 Å². The van der Waals surface area contributed by atoms with E-state index in [9.17, 15) is 0 Å². The zero-order chi connectivity index (χ0) is 14.3. The van der Waals surface area contributed by atoms with Crippen LogP contribution in [0.4, 0.5) is 0 Å². The molecule has 3 nitrogen and oxygen atoms in total. The summed E-state index contributed by atoms with van der Waals surface area (Å²) in [7, 11) is 0. The second kappa shape index (κ2) is 8.69. The number of aliphatic hydroxyl groups is 2. The molecule has 0 aromatic heterocycles. The van der Waals surface area contributed by atoms with Crippen molar-refractivity contribution in [3.63, 3.8) is 0 Å². The molecule has 1 aromatic carbocycles. The fraction of sp³-hybridized carbons (Fsp3) is 0.571. The van der Waals surface area contributed by atoms with Gasteiger partial charge in [0.25, 0.3) is 0 Å². The van der Waals surface area contributed by atoms with Gasteiger partial charge in [0.15, 0.2) is 0 Å². The minimum Gasteiger partial charge on any atom is -0.493 e. The molecule has 0 radical (unpaired) electrons. The fourth-order valence-corrected chi connectivity index (χ4v) is 2.73.